The second kappa shape index (κ2) is 10.3. The molecule has 0 unspecified atom stereocenters. The summed E-state index contributed by atoms with van der Waals surface area (Å²) in [5.41, 5.74) is 0.954. The number of methoxy groups -OCH3 is 1. The third-order valence-corrected chi connectivity index (χ3v) is 6.28. The summed E-state index contributed by atoms with van der Waals surface area (Å²) in [5.74, 6) is 0.364. The molecule has 1 fully saturated rings. The van der Waals surface area contributed by atoms with Gasteiger partial charge in [-0.25, -0.2) is 0 Å². The summed E-state index contributed by atoms with van der Waals surface area (Å²) in [4.78, 5) is 41.6. The molecule has 1 aromatic carbocycles. The smallest absolute Gasteiger partial charge is 0.257 e. The van der Waals surface area contributed by atoms with Crippen LogP contribution in [-0.2, 0) is 14.3 Å². The van der Waals surface area contributed by atoms with Crippen LogP contribution in [0.1, 0.15) is 50.4 Å². The summed E-state index contributed by atoms with van der Waals surface area (Å²) in [5, 5.41) is 2.90. The quantitative estimate of drug-likeness (QED) is 0.770. The Morgan fingerprint density at radius 2 is 1.94 bits per heavy atom. The van der Waals surface area contributed by atoms with Crippen molar-refractivity contribution in [2.45, 2.75) is 52.2 Å². The van der Waals surface area contributed by atoms with Crippen LogP contribution in [0, 0.1) is 11.8 Å². The van der Waals surface area contributed by atoms with Gasteiger partial charge >= 0.3 is 0 Å². The van der Waals surface area contributed by atoms with Crippen molar-refractivity contribution in [2.75, 3.05) is 39.2 Å². The molecule has 0 spiro atoms. The van der Waals surface area contributed by atoms with Gasteiger partial charge in [-0.2, -0.15) is 0 Å². The second-order valence-electron chi connectivity index (χ2n) is 8.97. The molecule has 8 nitrogen and oxygen atoms in total. The molecule has 3 rings (SSSR count). The molecule has 32 heavy (non-hydrogen) atoms. The first-order valence-electron chi connectivity index (χ1n) is 11.4. The highest BCUT2D eigenvalue weighted by molar-refractivity contribution is 6.00. The van der Waals surface area contributed by atoms with E-state index < -0.39 is 0 Å². The van der Waals surface area contributed by atoms with Crippen molar-refractivity contribution >= 4 is 23.4 Å². The van der Waals surface area contributed by atoms with Crippen molar-refractivity contribution in [3.63, 3.8) is 0 Å². The zero-order valence-corrected chi connectivity index (χ0v) is 19.7. The maximum atomic E-state index is 13.3. The molecule has 1 heterocycles. The Labute approximate surface area is 190 Å². The monoisotopic (exact) mass is 445 g/mol. The van der Waals surface area contributed by atoms with Gasteiger partial charge in [-0.3, -0.25) is 14.4 Å². The Morgan fingerprint density at radius 3 is 2.56 bits per heavy atom. The highest BCUT2D eigenvalue weighted by Crippen LogP contribution is 2.31. The number of nitrogens with zero attached hydrogens (tertiary/aromatic N) is 2. The molecule has 176 valence electrons. The average molecular weight is 446 g/mol. The van der Waals surface area contributed by atoms with Crippen LogP contribution in [0.5, 0.6) is 5.75 Å². The molecule has 0 saturated heterocycles. The van der Waals surface area contributed by atoms with E-state index in [9.17, 15) is 14.4 Å². The van der Waals surface area contributed by atoms with Crippen LogP contribution in [0.2, 0.25) is 0 Å². The number of nitrogens with one attached hydrogen (secondary N) is 1. The number of carbonyl (C=O) groups excluding carboxylic acids is 3. The van der Waals surface area contributed by atoms with Crippen molar-refractivity contribution in [2.24, 2.45) is 11.8 Å². The fourth-order valence-corrected chi connectivity index (χ4v) is 3.99. The minimum atomic E-state index is -0.232. The number of rotatable bonds is 4. The lowest BCUT2D eigenvalue weighted by molar-refractivity contribution is -0.135. The van der Waals surface area contributed by atoms with Gasteiger partial charge in [-0.15, -0.1) is 0 Å². The van der Waals surface area contributed by atoms with Crippen LogP contribution < -0.4 is 10.1 Å². The largest absolute Gasteiger partial charge is 0.491 e. The molecule has 1 aliphatic heterocycles. The third kappa shape index (κ3) is 5.59. The van der Waals surface area contributed by atoms with Crippen molar-refractivity contribution in [1.29, 1.82) is 0 Å². The van der Waals surface area contributed by atoms with Crippen molar-refractivity contribution in [1.82, 2.24) is 9.80 Å². The van der Waals surface area contributed by atoms with Gasteiger partial charge in [0.2, 0.25) is 11.8 Å². The Hall–Kier alpha value is -2.61. The molecule has 8 heteroatoms. The van der Waals surface area contributed by atoms with Crippen LogP contribution in [0.15, 0.2) is 18.2 Å². The van der Waals surface area contributed by atoms with Crippen LogP contribution in [0.3, 0.4) is 0 Å². The number of anilines is 1. The fraction of sp³-hybridized carbons (Fsp3) is 0.625. The standard InChI is InChI=1S/C24H35N3O5/c1-6-22(28)27-12-15(2)21(31-5)13-26(4)24(30)19-11-18(25-23(29)17-7-8-17)9-10-20(19)32-14-16(27)3/h9-11,15-17,21H,6-8,12-14H2,1-5H3,(H,25,29)/t15-,16+,21+/m0/s1. The van der Waals surface area contributed by atoms with Gasteiger partial charge in [-0.1, -0.05) is 13.8 Å². The maximum Gasteiger partial charge on any atom is 0.257 e. The number of likely N-dealkylation sites (N-methyl/N-ethyl adjacent to an activating group) is 1. The van der Waals surface area contributed by atoms with Crippen molar-refractivity contribution < 1.29 is 23.9 Å². The van der Waals surface area contributed by atoms with Gasteiger partial charge < -0.3 is 24.6 Å². The van der Waals surface area contributed by atoms with E-state index in [0.29, 0.717) is 36.5 Å². The summed E-state index contributed by atoms with van der Waals surface area (Å²) >= 11 is 0. The minimum Gasteiger partial charge on any atom is -0.491 e. The topological polar surface area (TPSA) is 88.2 Å². The van der Waals surface area contributed by atoms with Gasteiger partial charge in [-0.05, 0) is 38.0 Å². The Kier molecular flexibility index (Phi) is 7.77. The number of hydrogen-bond acceptors (Lipinski definition) is 5. The number of benzene rings is 1. The molecule has 0 radical (unpaired) electrons. The van der Waals surface area contributed by atoms with E-state index in [1.54, 1.807) is 37.3 Å². The first kappa shape index (κ1) is 24.0. The highest BCUT2D eigenvalue weighted by Gasteiger charge is 2.31. The number of amides is 3. The predicted octanol–water partition coefficient (Wildman–Crippen LogP) is 2.78. The minimum absolute atomic E-state index is 0.0181. The average Bonchev–Trinajstić information content (AvgIpc) is 3.63. The molecule has 3 amide bonds. The fourth-order valence-electron chi connectivity index (χ4n) is 3.99. The van der Waals surface area contributed by atoms with E-state index in [2.05, 4.69) is 5.32 Å². The van der Waals surface area contributed by atoms with Gasteiger partial charge in [0.25, 0.3) is 5.91 Å². The van der Waals surface area contributed by atoms with Crippen LogP contribution in [0.25, 0.3) is 0 Å². The van der Waals surface area contributed by atoms with Crippen LogP contribution in [-0.4, -0.2) is 73.5 Å². The van der Waals surface area contributed by atoms with Gasteiger partial charge in [0.1, 0.15) is 12.4 Å². The van der Waals surface area contributed by atoms with Gasteiger partial charge in [0.05, 0.1) is 17.7 Å². The first-order chi connectivity index (χ1) is 15.2. The van der Waals surface area contributed by atoms with Crippen LogP contribution >= 0.6 is 0 Å². The lowest BCUT2D eigenvalue weighted by Crippen LogP contribution is -2.48. The molecule has 1 aromatic rings. The number of carbonyl (C=O) groups is 3. The second-order valence-corrected chi connectivity index (χ2v) is 8.97. The molecule has 0 aromatic heterocycles. The Morgan fingerprint density at radius 1 is 1.22 bits per heavy atom. The Bertz CT molecular complexity index is 854. The van der Waals surface area contributed by atoms with E-state index in [-0.39, 0.29) is 48.3 Å². The van der Waals surface area contributed by atoms with Crippen LogP contribution in [0.4, 0.5) is 5.69 Å². The summed E-state index contributed by atoms with van der Waals surface area (Å²) in [6.45, 7) is 6.98. The zero-order valence-electron chi connectivity index (χ0n) is 19.7. The van der Waals surface area contributed by atoms with Gasteiger partial charge in [0.15, 0.2) is 0 Å². The lowest BCUT2D eigenvalue weighted by atomic mass is 10.0. The van der Waals surface area contributed by atoms with Crippen molar-refractivity contribution in [3.05, 3.63) is 23.8 Å². The van der Waals surface area contributed by atoms with E-state index in [4.69, 9.17) is 9.47 Å². The number of ether oxygens (including phenoxy) is 2. The van der Waals surface area contributed by atoms with E-state index in [1.807, 2.05) is 25.7 Å². The zero-order chi connectivity index (χ0) is 23.4. The molecule has 1 N–H and O–H groups in total. The third-order valence-electron chi connectivity index (χ3n) is 6.28. The van der Waals surface area contributed by atoms with E-state index >= 15 is 0 Å². The Balaban J connectivity index is 1.93. The highest BCUT2D eigenvalue weighted by atomic mass is 16.5. The van der Waals surface area contributed by atoms with Gasteiger partial charge in [0, 0.05) is 51.2 Å². The molecule has 2 aliphatic rings. The lowest BCUT2D eigenvalue weighted by Gasteiger charge is -2.36. The summed E-state index contributed by atoms with van der Waals surface area (Å²) in [6.07, 6.45) is 1.99. The molecule has 3 atom stereocenters. The SMILES string of the molecule is CCC(=O)N1C[C@H](C)[C@H](OC)CN(C)C(=O)c2cc(NC(=O)C3CC3)ccc2OC[C@H]1C. The maximum absolute atomic E-state index is 13.3. The first-order valence-corrected chi connectivity index (χ1v) is 11.4. The molecule has 0 bridgehead atoms. The summed E-state index contributed by atoms with van der Waals surface area (Å²) < 4.78 is 11.7. The summed E-state index contributed by atoms with van der Waals surface area (Å²) in [7, 11) is 3.35. The molecular formula is C24H35N3O5. The predicted molar refractivity (Wildman–Crippen MR) is 122 cm³/mol. The molecular weight excluding hydrogens is 410 g/mol. The normalized spacial score (nSPS) is 24.7. The number of hydrogen-bond donors (Lipinski definition) is 1. The molecule has 1 saturated carbocycles. The summed E-state index contributed by atoms with van der Waals surface area (Å²) in [6, 6.07) is 4.96. The van der Waals surface area contributed by atoms with E-state index in [1.165, 1.54) is 0 Å². The van der Waals surface area contributed by atoms with E-state index in [0.717, 1.165) is 12.8 Å². The number of fused-ring (bicyclic) bond motifs is 1. The molecule has 1 aliphatic carbocycles. The van der Waals surface area contributed by atoms with Crippen molar-refractivity contribution in [3.8, 4) is 5.75 Å².